The van der Waals surface area contributed by atoms with E-state index in [1.165, 1.54) is 11.3 Å². The third-order valence-corrected chi connectivity index (χ3v) is 2.64. The minimum absolute atomic E-state index is 0.893. The van der Waals surface area contributed by atoms with Gasteiger partial charge in [-0.25, -0.2) is 4.98 Å². The van der Waals surface area contributed by atoms with Gasteiger partial charge < -0.3 is 9.88 Å². The molecule has 0 saturated carbocycles. The van der Waals surface area contributed by atoms with E-state index in [-0.39, 0.29) is 0 Å². The number of aromatic nitrogens is 2. The van der Waals surface area contributed by atoms with Crippen LogP contribution < -0.4 is 5.32 Å². The zero-order valence-electron chi connectivity index (χ0n) is 9.77. The van der Waals surface area contributed by atoms with Gasteiger partial charge in [0, 0.05) is 18.4 Å². The quantitative estimate of drug-likeness (QED) is 0.848. The molecule has 1 N–H and O–H groups in total. The Bertz CT molecular complexity index is 460. The van der Waals surface area contributed by atoms with Crippen LogP contribution in [-0.2, 0) is 6.54 Å². The Balaban J connectivity index is 2.37. The van der Waals surface area contributed by atoms with Gasteiger partial charge >= 0.3 is 0 Å². The highest BCUT2D eigenvalue weighted by Gasteiger charge is 2.04. The molecule has 0 fully saturated rings. The molecule has 0 aliphatic heterocycles. The Labute approximate surface area is 96.1 Å². The zero-order valence-corrected chi connectivity index (χ0v) is 9.77. The van der Waals surface area contributed by atoms with E-state index in [1.807, 2.05) is 12.5 Å². The van der Waals surface area contributed by atoms with E-state index in [0.29, 0.717) is 0 Å². The molecular weight excluding hydrogens is 198 g/mol. The lowest BCUT2D eigenvalue weighted by molar-refractivity contribution is 0.721. The Morgan fingerprint density at radius 2 is 2.12 bits per heavy atom. The topological polar surface area (TPSA) is 29.9 Å². The molecule has 2 aromatic rings. The van der Waals surface area contributed by atoms with Gasteiger partial charge in [0.15, 0.2) is 0 Å². The van der Waals surface area contributed by atoms with Gasteiger partial charge in [-0.1, -0.05) is 25.1 Å². The largest absolute Gasteiger partial charge is 0.313 e. The van der Waals surface area contributed by atoms with Crippen LogP contribution in [0.5, 0.6) is 0 Å². The first-order chi connectivity index (χ1) is 7.83. The first-order valence-electron chi connectivity index (χ1n) is 5.61. The Morgan fingerprint density at radius 3 is 2.81 bits per heavy atom. The van der Waals surface area contributed by atoms with E-state index in [4.69, 9.17) is 0 Å². The van der Waals surface area contributed by atoms with E-state index >= 15 is 0 Å². The molecule has 3 heteroatoms. The fourth-order valence-electron chi connectivity index (χ4n) is 1.77. The second kappa shape index (κ2) is 4.94. The summed E-state index contributed by atoms with van der Waals surface area (Å²) in [5.41, 5.74) is 3.66. The molecule has 1 aromatic heterocycles. The van der Waals surface area contributed by atoms with Crippen molar-refractivity contribution in [3.8, 4) is 5.69 Å². The summed E-state index contributed by atoms with van der Waals surface area (Å²) < 4.78 is 2.12. The Morgan fingerprint density at radius 1 is 1.31 bits per heavy atom. The molecular formula is C13H17N3. The zero-order chi connectivity index (χ0) is 11.4. The van der Waals surface area contributed by atoms with Crippen molar-refractivity contribution >= 4 is 0 Å². The number of imidazole rings is 1. The number of rotatable bonds is 4. The highest BCUT2D eigenvalue weighted by molar-refractivity contribution is 5.42. The summed E-state index contributed by atoms with van der Waals surface area (Å²) in [7, 11) is 0. The number of nitrogens with one attached hydrogen (secondary N) is 1. The molecule has 0 unspecified atom stereocenters. The first kappa shape index (κ1) is 10.9. The predicted molar refractivity (Wildman–Crippen MR) is 65.7 cm³/mol. The van der Waals surface area contributed by atoms with Gasteiger partial charge in [-0.05, 0) is 25.1 Å². The molecule has 3 nitrogen and oxygen atoms in total. The van der Waals surface area contributed by atoms with Crippen molar-refractivity contribution in [3.05, 3.63) is 48.0 Å². The van der Waals surface area contributed by atoms with Crippen LogP contribution in [0.2, 0.25) is 0 Å². The number of para-hydroxylation sites is 1. The normalized spacial score (nSPS) is 10.6. The van der Waals surface area contributed by atoms with Crippen LogP contribution in [0.25, 0.3) is 5.69 Å². The monoisotopic (exact) mass is 215 g/mol. The van der Waals surface area contributed by atoms with Crippen LogP contribution in [0, 0.1) is 6.92 Å². The molecule has 1 heterocycles. The van der Waals surface area contributed by atoms with Crippen molar-refractivity contribution in [3.63, 3.8) is 0 Å². The molecule has 0 amide bonds. The average molecular weight is 215 g/mol. The molecule has 0 spiro atoms. The van der Waals surface area contributed by atoms with Gasteiger partial charge in [0.1, 0.15) is 0 Å². The van der Waals surface area contributed by atoms with Crippen LogP contribution in [0.1, 0.15) is 18.2 Å². The smallest absolute Gasteiger partial charge is 0.0994 e. The summed E-state index contributed by atoms with van der Waals surface area (Å²) in [6.45, 7) is 6.06. The van der Waals surface area contributed by atoms with Gasteiger partial charge in [-0.2, -0.15) is 0 Å². The number of aryl methyl sites for hydroxylation is 1. The van der Waals surface area contributed by atoms with Gasteiger partial charge in [-0.15, -0.1) is 0 Å². The Hall–Kier alpha value is -1.61. The van der Waals surface area contributed by atoms with Crippen molar-refractivity contribution in [1.82, 2.24) is 14.9 Å². The second-order valence-electron chi connectivity index (χ2n) is 3.81. The first-order valence-corrected chi connectivity index (χ1v) is 5.61. The number of hydrogen-bond donors (Lipinski definition) is 1. The molecule has 0 radical (unpaired) electrons. The maximum absolute atomic E-state index is 4.16. The van der Waals surface area contributed by atoms with Gasteiger partial charge in [-0.3, -0.25) is 0 Å². The van der Waals surface area contributed by atoms with Gasteiger partial charge in [0.25, 0.3) is 0 Å². The van der Waals surface area contributed by atoms with E-state index in [1.54, 1.807) is 0 Å². The van der Waals surface area contributed by atoms with Crippen molar-refractivity contribution in [1.29, 1.82) is 0 Å². The summed E-state index contributed by atoms with van der Waals surface area (Å²) in [5, 5.41) is 3.35. The SMILES string of the molecule is CCNCc1ccccc1-n1cncc1C. The van der Waals surface area contributed by atoms with Crippen LogP contribution in [0.4, 0.5) is 0 Å². The fourth-order valence-corrected chi connectivity index (χ4v) is 1.77. The highest BCUT2D eigenvalue weighted by Crippen LogP contribution is 2.15. The fraction of sp³-hybridized carbons (Fsp3) is 0.308. The summed E-state index contributed by atoms with van der Waals surface area (Å²) in [6.07, 6.45) is 3.74. The molecule has 84 valence electrons. The maximum Gasteiger partial charge on any atom is 0.0994 e. The van der Waals surface area contributed by atoms with Crippen molar-refractivity contribution in [2.45, 2.75) is 20.4 Å². The summed E-state index contributed by atoms with van der Waals surface area (Å²) in [4.78, 5) is 4.16. The summed E-state index contributed by atoms with van der Waals surface area (Å²) >= 11 is 0. The van der Waals surface area contributed by atoms with Gasteiger partial charge in [0.05, 0.1) is 12.0 Å². The molecule has 16 heavy (non-hydrogen) atoms. The molecule has 0 atom stereocenters. The lowest BCUT2D eigenvalue weighted by Gasteiger charge is -2.11. The van der Waals surface area contributed by atoms with E-state index in [2.05, 4.69) is 53.0 Å². The van der Waals surface area contributed by atoms with E-state index in [0.717, 1.165) is 18.8 Å². The average Bonchev–Trinajstić information content (AvgIpc) is 2.73. The summed E-state index contributed by atoms with van der Waals surface area (Å²) in [5.74, 6) is 0. The maximum atomic E-state index is 4.16. The van der Waals surface area contributed by atoms with E-state index < -0.39 is 0 Å². The molecule has 2 rings (SSSR count). The molecule has 0 aliphatic rings. The minimum atomic E-state index is 0.893. The molecule has 0 aliphatic carbocycles. The van der Waals surface area contributed by atoms with Crippen molar-refractivity contribution < 1.29 is 0 Å². The molecule has 0 bridgehead atoms. The number of benzene rings is 1. The third-order valence-electron chi connectivity index (χ3n) is 2.64. The molecule has 0 saturated heterocycles. The van der Waals surface area contributed by atoms with Crippen molar-refractivity contribution in [2.75, 3.05) is 6.54 Å². The minimum Gasteiger partial charge on any atom is -0.313 e. The van der Waals surface area contributed by atoms with Crippen LogP contribution in [-0.4, -0.2) is 16.1 Å². The van der Waals surface area contributed by atoms with Crippen LogP contribution in [0.15, 0.2) is 36.8 Å². The summed E-state index contributed by atoms with van der Waals surface area (Å²) in [6, 6.07) is 8.41. The number of hydrogen-bond acceptors (Lipinski definition) is 2. The van der Waals surface area contributed by atoms with E-state index in [9.17, 15) is 0 Å². The van der Waals surface area contributed by atoms with Crippen LogP contribution in [0.3, 0.4) is 0 Å². The second-order valence-corrected chi connectivity index (χ2v) is 3.81. The Kier molecular flexibility index (Phi) is 3.37. The van der Waals surface area contributed by atoms with Gasteiger partial charge in [0.2, 0.25) is 0 Å². The number of nitrogens with zero attached hydrogens (tertiary/aromatic N) is 2. The molecule has 1 aromatic carbocycles. The lowest BCUT2D eigenvalue weighted by Crippen LogP contribution is -2.13. The lowest BCUT2D eigenvalue weighted by atomic mass is 10.1. The predicted octanol–water partition coefficient (Wildman–Crippen LogP) is 2.29. The van der Waals surface area contributed by atoms with Crippen molar-refractivity contribution in [2.24, 2.45) is 0 Å². The third kappa shape index (κ3) is 2.14. The van der Waals surface area contributed by atoms with Crippen LogP contribution >= 0.6 is 0 Å². The standard InChI is InChI=1S/C13H17N3/c1-3-14-9-12-6-4-5-7-13(12)16-10-15-8-11(16)2/h4-8,10,14H,3,9H2,1-2H3. The highest BCUT2D eigenvalue weighted by atomic mass is 15.0.